The molecule has 3 rings (SSSR count). The van der Waals surface area contributed by atoms with E-state index in [4.69, 9.17) is 0 Å². The third-order valence-electron chi connectivity index (χ3n) is 7.34. The monoisotopic (exact) mass is 524 g/mol. The minimum Gasteiger partial charge on any atom is -0.200 e. The number of halogens is 2. The number of hydrogen-bond donors (Lipinski definition) is 0. The fourth-order valence-electron chi connectivity index (χ4n) is 4.90. The van der Waals surface area contributed by atoms with E-state index < -0.39 is 5.92 Å². The minimum atomic E-state index is -2.73. The molecule has 0 spiro atoms. The molecule has 0 aliphatic heterocycles. The van der Waals surface area contributed by atoms with Gasteiger partial charge in [0.15, 0.2) is 0 Å². The van der Waals surface area contributed by atoms with Crippen LogP contribution >= 0.6 is 11.3 Å². The molecular weight excluding hydrogens is 478 g/mol. The third-order valence-corrected chi connectivity index (χ3v) is 8.58. The second kappa shape index (κ2) is 16.1. The van der Waals surface area contributed by atoms with Crippen molar-refractivity contribution in [3.63, 3.8) is 0 Å². The van der Waals surface area contributed by atoms with E-state index in [2.05, 4.69) is 43.3 Å². The zero-order valence-electron chi connectivity index (χ0n) is 23.0. The lowest BCUT2D eigenvalue weighted by molar-refractivity contribution is -0.0116. The van der Waals surface area contributed by atoms with Crippen molar-refractivity contribution in [2.45, 2.75) is 116 Å². The lowest BCUT2D eigenvalue weighted by Crippen LogP contribution is -2.10. The van der Waals surface area contributed by atoms with E-state index in [9.17, 15) is 8.78 Å². The van der Waals surface area contributed by atoms with Crippen LogP contribution < -0.4 is 0 Å². The second-order valence-electron chi connectivity index (χ2n) is 10.5. The number of unbranched alkanes of at least 4 members (excludes halogenated alkanes) is 11. The van der Waals surface area contributed by atoms with Crippen molar-refractivity contribution < 1.29 is 8.78 Å². The van der Waals surface area contributed by atoms with Gasteiger partial charge in [-0.2, -0.15) is 0 Å². The zero-order chi connectivity index (χ0) is 26.3. The van der Waals surface area contributed by atoms with Gasteiger partial charge in [0.25, 0.3) is 5.92 Å². The molecule has 0 saturated carbocycles. The lowest BCUT2D eigenvalue weighted by atomic mass is 9.99. The molecule has 202 valence electrons. The Bertz CT molecular complexity index is 1000. The van der Waals surface area contributed by atoms with Crippen LogP contribution in [0.2, 0.25) is 0 Å². The first-order chi connectivity index (χ1) is 18.0. The molecule has 0 aliphatic rings. The molecule has 0 N–H and O–H groups in total. The smallest absolute Gasteiger partial charge is 0.200 e. The Morgan fingerprint density at radius 2 is 1.03 bits per heavy atom. The summed E-state index contributed by atoms with van der Waals surface area (Å²) in [7, 11) is 0. The topological polar surface area (TPSA) is 0 Å². The normalized spacial score (nSPS) is 11.8. The van der Waals surface area contributed by atoms with Gasteiger partial charge in [-0.05, 0) is 53.6 Å². The second-order valence-corrected chi connectivity index (χ2v) is 11.6. The van der Waals surface area contributed by atoms with E-state index in [0.717, 1.165) is 28.8 Å². The van der Waals surface area contributed by atoms with Gasteiger partial charge >= 0.3 is 0 Å². The summed E-state index contributed by atoms with van der Waals surface area (Å²) in [5.41, 5.74) is 4.77. The van der Waals surface area contributed by atoms with Gasteiger partial charge < -0.3 is 0 Å². The van der Waals surface area contributed by atoms with Crippen LogP contribution in [0.15, 0.2) is 60.7 Å². The quantitative estimate of drug-likeness (QED) is 0.145. The molecule has 0 atom stereocenters. The van der Waals surface area contributed by atoms with Crippen LogP contribution in [-0.2, 0) is 12.3 Å². The summed E-state index contributed by atoms with van der Waals surface area (Å²) in [5.74, 6) is -2.73. The molecule has 0 amide bonds. The number of thiophene rings is 1. The van der Waals surface area contributed by atoms with Crippen molar-refractivity contribution in [2.75, 3.05) is 0 Å². The van der Waals surface area contributed by atoms with E-state index in [-0.39, 0.29) is 11.3 Å². The van der Waals surface area contributed by atoms with E-state index in [0.29, 0.717) is 6.42 Å². The largest absolute Gasteiger partial charge is 0.282 e. The fraction of sp³-hybridized carbons (Fsp3) is 0.529. The third kappa shape index (κ3) is 10.0. The Morgan fingerprint density at radius 3 is 1.59 bits per heavy atom. The average molecular weight is 525 g/mol. The molecule has 0 saturated heterocycles. The molecule has 3 aromatic rings. The van der Waals surface area contributed by atoms with Crippen LogP contribution in [0, 0.1) is 0 Å². The first-order valence-electron chi connectivity index (χ1n) is 14.7. The van der Waals surface area contributed by atoms with E-state index in [1.165, 1.54) is 93.1 Å². The maximum Gasteiger partial charge on any atom is 0.282 e. The molecule has 3 heteroatoms. The Morgan fingerprint density at radius 1 is 0.541 bits per heavy atom. The SMILES string of the molecule is CCCCCCCCCCCCCc1ccc(-c2ccc(-c3ccc(C(F)(F)CCCC)s3)cc2)cc1. The van der Waals surface area contributed by atoms with Crippen molar-refractivity contribution in [3.8, 4) is 21.6 Å². The van der Waals surface area contributed by atoms with Crippen LogP contribution in [0.1, 0.15) is 114 Å². The highest BCUT2D eigenvalue weighted by molar-refractivity contribution is 7.15. The maximum atomic E-state index is 14.4. The number of benzene rings is 2. The molecule has 0 radical (unpaired) electrons. The summed E-state index contributed by atoms with van der Waals surface area (Å²) in [4.78, 5) is 1.08. The van der Waals surface area contributed by atoms with Gasteiger partial charge in [0, 0.05) is 11.3 Å². The van der Waals surface area contributed by atoms with Crippen LogP contribution in [0.25, 0.3) is 21.6 Å². The molecule has 1 heterocycles. The summed E-state index contributed by atoms with van der Waals surface area (Å²) in [6.07, 6.45) is 17.6. The highest BCUT2D eigenvalue weighted by Crippen LogP contribution is 2.40. The highest BCUT2D eigenvalue weighted by Gasteiger charge is 2.32. The molecule has 0 unspecified atom stereocenters. The molecule has 0 fully saturated rings. The molecule has 1 aromatic heterocycles. The van der Waals surface area contributed by atoms with Crippen molar-refractivity contribution in [1.29, 1.82) is 0 Å². The molecule has 0 aliphatic carbocycles. The summed E-state index contributed by atoms with van der Waals surface area (Å²) in [5, 5.41) is 0. The Hall–Kier alpha value is -2.00. The fourth-order valence-corrected chi connectivity index (χ4v) is 5.91. The standard InChI is InChI=1S/C34H46F2S/c1-3-5-7-8-9-10-11-12-13-14-15-16-28-17-19-29(20-18-28)30-21-23-31(24-22-30)32-25-26-33(37-32)34(35,36)27-6-4-2/h17-26H,3-16,27H2,1-2H3. The van der Waals surface area contributed by atoms with Crippen molar-refractivity contribution in [1.82, 2.24) is 0 Å². The molecule has 0 nitrogen and oxygen atoms in total. The minimum absolute atomic E-state index is 0.0718. The number of aryl methyl sites for hydroxylation is 1. The summed E-state index contributed by atoms with van der Waals surface area (Å²) < 4.78 is 28.8. The Balaban J connectivity index is 1.40. The zero-order valence-corrected chi connectivity index (χ0v) is 23.9. The number of hydrogen-bond acceptors (Lipinski definition) is 1. The maximum absolute atomic E-state index is 14.4. The van der Waals surface area contributed by atoms with Crippen LogP contribution in [0.4, 0.5) is 8.78 Å². The van der Waals surface area contributed by atoms with Gasteiger partial charge in [0.2, 0.25) is 0 Å². The van der Waals surface area contributed by atoms with E-state index in [1.54, 1.807) is 6.07 Å². The Labute approximate surface area is 228 Å². The van der Waals surface area contributed by atoms with Crippen molar-refractivity contribution in [3.05, 3.63) is 71.1 Å². The van der Waals surface area contributed by atoms with E-state index >= 15 is 0 Å². The number of alkyl halides is 2. The lowest BCUT2D eigenvalue weighted by Gasteiger charge is -2.13. The Kier molecular flexibility index (Phi) is 12.8. The molecule has 37 heavy (non-hydrogen) atoms. The summed E-state index contributed by atoms with van der Waals surface area (Å²) in [6, 6.07) is 20.7. The first-order valence-corrected chi connectivity index (χ1v) is 15.5. The van der Waals surface area contributed by atoms with Gasteiger partial charge in [-0.15, -0.1) is 11.3 Å². The van der Waals surface area contributed by atoms with Crippen LogP contribution in [0.5, 0.6) is 0 Å². The first kappa shape index (κ1) is 29.6. The van der Waals surface area contributed by atoms with Gasteiger partial charge in [0.1, 0.15) is 0 Å². The predicted molar refractivity (Wildman–Crippen MR) is 159 cm³/mol. The number of rotatable bonds is 18. The molecule has 0 bridgehead atoms. The highest BCUT2D eigenvalue weighted by atomic mass is 32.1. The van der Waals surface area contributed by atoms with Gasteiger partial charge in [-0.25, -0.2) is 8.78 Å². The molecule has 2 aromatic carbocycles. The van der Waals surface area contributed by atoms with Crippen molar-refractivity contribution >= 4 is 11.3 Å². The predicted octanol–water partition coefficient (Wildman–Crippen LogP) is 12.2. The van der Waals surface area contributed by atoms with Crippen molar-refractivity contribution in [2.24, 2.45) is 0 Å². The summed E-state index contributed by atoms with van der Waals surface area (Å²) >= 11 is 1.21. The van der Waals surface area contributed by atoms with Crippen LogP contribution in [-0.4, -0.2) is 0 Å². The van der Waals surface area contributed by atoms with Crippen LogP contribution in [0.3, 0.4) is 0 Å². The van der Waals surface area contributed by atoms with Gasteiger partial charge in [-0.1, -0.05) is 133 Å². The molecular formula is C34H46F2S. The van der Waals surface area contributed by atoms with Gasteiger partial charge in [0.05, 0.1) is 4.88 Å². The van der Waals surface area contributed by atoms with E-state index in [1.807, 2.05) is 25.1 Å². The van der Waals surface area contributed by atoms with Gasteiger partial charge in [-0.3, -0.25) is 0 Å². The average Bonchev–Trinajstić information content (AvgIpc) is 3.43. The summed E-state index contributed by atoms with van der Waals surface area (Å²) in [6.45, 7) is 4.23.